The van der Waals surface area contributed by atoms with Crippen molar-refractivity contribution in [1.29, 1.82) is 0 Å². The molecule has 1 fully saturated rings. The molecule has 5 heteroatoms. The Labute approximate surface area is 122 Å². The molecule has 0 bridgehead atoms. The lowest BCUT2D eigenvalue weighted by Crippen LogP contribution is -2.32. The van der Waals surface area contributed by atoms with Crippen molar-refractivity contribution in [1.82, 2.24) is 5.06 Å². The lowest BCUT2D eigenvalue weighted by molar-refractivity contribution is -0.168. The Morgan fingerprint density at radius 3 is 2.24 bits per heavy atom. The van der Waals surface area contributed by atoms with Gasteiger partial charge in [0.05, 0.1) is 11.1 Å². The lowest BCUT2D eigenvalue weighted by Gasteiger charge is -2.12. The van der Waals surface area contributed by atoms with Gasteiger partial charge < -0.3 is 4.84 Å². The van der Waals surface area contributed by atoms with E-state index < -0.39 is 17.8 Å². The highest BCUT2D eigenvalue weighted by Gasteiger charge is 2.45. The third-order valence-corrected chi connectivity index (χ3v) is 4.36. The smallest absolute Gasteiger partial charge is 0.330 e. The van der Waals surface area contributed by atoms with Crippen LogP contribution in [0.15, 0.2) is 24.3 Å². The highest BCUT2D eigenvalue weighted by Crippen LogP contribution is 2.54. The summed E-state index contributed by atoms with van der Waals surface area (Å²) < 4.78 is 0. The largest absolute Gasteiger partial charge is 0.333 e. The van der Waals surface area contributed by atoms with Crippen LogP contribution in [0.5, 0.6) is 0 Å². The van der Waals surface area contributed by atoms with Crippen molar-refractivity contribution >= 4 is 17.8 Å². The molecule has 2 aliphatic rings. The maximum absolute atomic E-state index is 12.0. The van der Waals surface area contributed by atoms with Gasteiger partial charge in [-0.05, 0) is 36.3 Å². The zero-order valence-corrected chi connectivity index (χ0v) is 12.1. The second kappa shape index (κ2) is 4.69. The van der Waals surface area contributed by atoms with Crippen LogP contribution in [0.25, 0.3) is 0 Å². The molecule has 1 unspecified atom stereocenters. The molecule has 0 saturated heterocycles. The molecule has 1 aromatic carbocycles. The van der Waals surface area contributed by atoms with Crippen LogP contribution in [0, 0.1) is 11.3 Å². The molecular formula is C16H17NO4. The van der Waals surface area contributed by atoms with Gasteiger partial charge in [-0.1, -0.05) is 31.0 Å². The number of imide groups is 1. The van der Waals surface area contributed by atoms with Crippen LogP contribution in [0.3, 0.4) is 0 Å². The molecule has 1 aliphatic heterocycles. The van der Waals surface area contributed by atoms with Crippen molar-refractivity contribution in [3.05, 3.63) is 35.4 Å². The number of hydrogen-bond acceptors (Lipinski definition) is 4. The van der Waals surface area contributed by atoms with Crippen molar-refractivity contribution in [2.75, 3.05) is 0 Å². The summed E-state index contributed by atoms with van der Waals surface area (Å²) in [6.45, 7) is 4.32. The summed E-state index contributed by atoms with van der Waals surface area (Å²) in [5.74, 6) is -1.16. The molecule has 3 rings (SSSR count). The van der Waals surface area contributed by atoms with Gasteiger partial charge in [0.2, 0.25) is 0 Å². The first kappa shape index (κ1) is 13.8. The number of fused-ring (bicyclic) bond motifs is 1. The SMILES string of the molecule is CC1(C)CC1CCC(=O)ON1C(=O)c2ccccc2C1=O. The van der Waals surface area contributed by atoms with Gasteiger partial charge in [-0.25, -0.2) is 4.79 Å². The molecule has 1 aromatic rings. The first-order chi connectivity index (χ1) is 9.90. The highest BCUT2D eigenvalue weighted by atomic mass is 16.7. The topological polar surface area (TPSA) is 63.7 Å². The number of benzene rings is 1. The van der Waals surface area contributed by atoms with Crippen molar-refractivity contribution in [2.45, 2.75) is 33.1 Å². The van der Waals surface area contributed by atoms with E-state index in [1.54, 1.807) is 24.3 Å². The summed E-state index contributed by atoms with van der Waals surface area (Å²) in [5.41, 5.74) is 0.854. The molecule has 0 aromatic heterocycles. The molecule has 1 atom stereocenters. The van der Waals surface area contributed by atoms with E-state index in [1.807, 2.05) is 0 Å². The monoisotopic (exact) mass is 287 g/mol. The van der Waals surface area contributed by atoms with Gasteiger partial charge in [0.15, 0.2) is 0 Å². The van der Waals surface area contributed by atoms with Gasteiger partial charge in [-0.15, -0.1) is 0 Å². The van der Waals surface area contributed by atoms with E-state index in [-0.39, 0.29) is 17.5 Å². The second-order valence-corrected chi connectivity index (χ2v) is 6.34. The van der Waals surface area contributed by atoms with E-state index in [1.165, 1.54) is 0 Å². The molecule has 5 nitrogen and oxygen atoms in total. The fraction of sp³-hybridized carbons (Fsp3) is 0.438. The van der Waals surface area contributed by atoms with Crippen LogP contribution < -0.4 is 0 Å². The minimum atomic E-state index is -0.573. The van der Waals surface area contributed by atoms with Gasteiger partial charge in [-0.3, -0.25) is 9.59 Å². The Balaban J connectivity index is 1.60. The predicted molar refractivity (Wildman–Crippen MR) is 74.2 cm³/mol. The van der Waals surface area contributed by atoms with E-state index in [4.69, 9.17) is 4.84 Å². The average molecular weight is 287 g/mol. The van der Waals surface area contributed by atoms with E-state index in [2.05, 4.69) is 13.8 Å². The minimum Gasteiger partial charge on any atom is -0.330 e. The van der Waals surface area contributed by atoms with E-state index in [0.29, 0.717) is 16.4 Å². The molecule has 1 aliphatic carbocycles. The molecule has 1 saturated carbocycles. The Hall–Kier alpha value is -2.17. The Morgan fingerprint density at radius 2 is 1.76 bits per heavy atom. The standard InChI is InChI=1S/C16H17NO4/c1-16(2)9-10(16)7-8-13(18)21-17-14(19)11-5-3-4-6-12(11)15(17)20/h3-6,10H,7-9H2,1-2H3. The number of hydrogen-bond donors (Lipinski definition) is 0. The molecule has 0 N–H and O–H groups in total. The number of rotatable bonds is 4. The number of nitrogens with zero attached hydrogens (tertiary/aromatic N) is 1. The van der Waals surface area contributed by atoms with Crippen molar-refractivity contribution < 1.29 is 19.2 Å². The van der Waals surface area contributed by atoms with E-state index >= 15 is 0 Å². The third kappa shape index (κ3) is 2.44. The number of amides is 2. The molecule has 110 valence electrons. The van der Waals surface area contributed by atoms with Crippen molar-refractivity contribution in [2.24, 2.45) is 11.3 Å². The van der Waals surface area contributed by atoms with Crippen LogP contribution >= 0.6 is 0 Å². The summed E-state index contributed by atoms with van der Waals surface area (Å²) in [6.07, 6.45) is 2.06. The van der Waals surface area contributed by atoms with Gasteiger partial charge in [0.25, 0.3) is 11.8 Å². The number of hydroxylamine groups is 2. The molecule has 21 heavy (non-hydrogen) atoms. The molecule has 0 radical (unpaired) electrons. The maximum atomic E-state index is 12.0. The van der Waals surface area contributed by atoms with Crippen LogP contribution in [0.1, 0.15) is 53.8 Å². The van der Waals surface area contributed by atoms with Gasteiger partial charge in [0.1, 0.15) is 0 Å². The Morgan fingerprint density at radius 1 is 1.24 bits per heavy atom. The van der Waals surface area contributed by atoms with E-state index in [9.17, 15) is 14.4 Å². The molecule has 0 spiro atoms. The van der Waals surface area contributed by atoms with Crippen molar-refractivity contribution in [3.63, 3.8) is 0 Å². The normalized spacial score (nSPS) is 22.2. The van der Waals surface area contributed by atoms with Crippen LogP contribution in [-0.4, -0.2) is 22.8 Å². The van der Waals surface area contributed by atoms with Crippen LogP contribution in [0.2, 0.25) is 0 Å². The summed E-state index contributed by atoms with van der Waals surface area (Å²) in [4.78, 5) is 40.8. The summed E-state index contributed by atoms with van der Waals surface area (Å²) in [5, 5.41) is 0.574. The number of carbonyl (C=O) groups is 3. The third-order valence-electron chi connectivity index (χ3n) is 4.36. The summed E-state index contributed by atoms with van der Waals surface area (Å²) in [6, 6.07) is 6.45. The predicted octanol–water partition coefficient (Wildman–Crippen LogP) is 2.57. The van der Waals surface area contributed by atoms with E-state index in [0.717, 1.165) is 12.8 Å². The first-order valence-corrected chi connectivity index (χ1v) is 7.09. The maximum Gasteiger partial charge on any atom is 0.333 e. The minimum absolute atomic E-state index is 0.224. The number of carbonyl (C=O) groups excluding carboxylic acids is 3. The molecule has 2 amide bonds. The van der Waals surface area contributed by atoms with Crippen LogP contribution in [-0.2, 0) is 9.63 Å². The second-order valence-electron chi connectivity index (χ2n) is 6.34. The van der Waals surface area contributed by atoms with Gasteiger partial charge in [0, 0.05) is 6.42 Å². The fourth-order valence-corrected chi connectivity index (χ4v) is 2.76. The Bertz CT molecular complexity index is 600. The van der Waals surface area contributed by atoms with Crippen LogP contribution in [0.4, 0.5) is 0 Å². The fourth-order valence-electron chi connectivity index (χ4n) is 2.76. The molecule has 1 heterocycles. The Kier molecular flexibility index (Phi) is 3.08. The lowest BCUT2D eigenvalue weighted by atomic mass is 10.1. The van der Waals surface area contributed by atoms with Gasteiger partial charge in [-0.2, -0.15) is 0 Å². The first-order valence-electron chi connectivity index (χ1n) is 7.09. The molecular weight excluding hydrogens is 270 g/mol. The summed E-state index contributed by atoms with van der Waals surface area (Å²) in [7, 11) is 0. The zero-order valence-electron chi connectivity index (χ0n) is 12.1. The van der Waals surface area contributed by atoms with Gasteiger partial charge >= 0.3 is 5.97 Å². The quantitative estimate of drug-likeness (QED) is 0.798. The van der Waals surface area contributed by atoms with Crippen molar-refractivity contribution in [3.8, 4) is 0 Å². The zero-order chi connectivity index (χ0) is 15.2. The summed E-state index contributed by atoms with van der Waals surface area (Å²) >= 11 is 0. The highest BCUT2D eigenvalue weighted by molar-refractivity contribution is 6.20. The average Bonchev–Trinajstić information content (AvgIpc) is 3.01.